The summed E-state index contributed by atoms with van der Waals surface area (Å²) in [7, 11) is 0. The highest BCUT2D eigenvalue weighted by Crippen LogP contribution is 2.24. The monoisotopic (exact) mass is 474 g/mol. The molecule has 2 aliphatic rings. The van der Waals surface area contributed by atoms with Crippen molar-refractivity contribution in [2.24, 2.45) is 11.8 Å². The van der Waals surface area contributed by atoms with E-state index in [9.17, 15) is 4.79 Å². The number of carbonyl (C=O) groups is 1. The third kappa shape index (κ3) is 5.67. The first-order valence-corrected chi connectivity index (χ1v) is 11.8. The third-order valence-corrected chi connectivity index (χ3v) is 6.74. The van der Waals surface area contributed by atoms with Crippen molar-refractivity contribution < 1.29 is 13.9 Å². The number of likely N-dealkylation sites (tertiary alicyclic amines) is 2. The van der Waals surface area contributed by atoms with Crippen LogP contribution in [0.15, 0.2) is 45.3 Å². The first kappa shape index (κ1) is 21.4. The van der Waals surface area contributed by atoms with Crippen molar-refractivity contribution in [3.05, 3.63) is 52.4 Å². The predicted molar refractivity (Wildman–Crippen MR) is 121 cm³/mol. The molecule has 4 rings (SSSR count). The zero-order valence-corrected chi connectivity index (χ0v) is 19.3. The highest BCUT2D eigenvalue weighted by atomic mass is 79.9. The molecule has 0 N–H and O–H groups in total. The molecule has 1 unspecified atom stereocenters. The summed E-state index contributed by atoms with van der Waals surface area (Å²) in [5.74, 6) is 3.25. The molecule has 1 aromatic heterocycles. The van der Waals surface area contributed by atoms with E-state index in [1.54, 1.807) is 6.07 Å². The van der Waals surface area contributed by atoms with Gasteiger partial charge in [0.15, 0.2) is 5.76 Å². The van der Waals surface area contributed by atoms with Gasteiger partial charge in [-0.05, 0) is 80.9 Å². The lowest BCUT2D eigenvalue weighted by Gasteiger charge is -2.37. The molecular weight excluding hydrogens is 444 g/mol. The second-order valence-corrected chi connectivity index (χ2v) is 9.67. The van der Waals surface area contributed by atoms with Crippen LogP contribution in [0.25, 0.3) is 0 Å². The lowest BCUT2D eigenvalue weighted by Crippen LogP contribution is -2.45. The van der Waals surface area contributed by atoms with Gasteiger partial charge in [-0.25, -0.2) is 0 Å². The van der Waals surface area contributed by atoms with Gasteiger partial charge in [-0.15, -0.1) is 0 Å². The number of furan rings is 1. The van der Waals surface area contributed by atoms with Crippen molar-refractivity contribution in [3.8, 4) is 5.75 Å². The van der Waals surface area contributed by atoms with Gasteiger partial charge in [0.2, 0.25) is 0 Å². The van der Waals surface area contributed by atoms with Crippen LogP contribution < -0.4 is 4.74 Å². The predicted octanol–water partition coefficient (Wildman–Crippen LogP) is 5.21. The van der Waals surface area contributed by atoms with Gasteiger partial charge in [0.25, 0.3) is 5.91 Å². The topological polar surface area (TPSA) is 45.9 Å². The molecule has 0 radical (unpaired) electrons. The van der Waals surface area contributed by atoms with E-state index in [1.165, 1.54) is 32.4 Å². The Morgan fingerprint density at radius 2 is 2.00 bits per heavy atom. The quantitative estimate of drug-likeness (QED) is 0.576. The van der Waals surface area contributed by atoms with E-state index in [4.69, 9.17) is 9.15 Å². The minimum absolute atomic E-state index is 0.000622. The number of nitrogens with zero attached hydrogens (tertiary/aromatic N) is 2. The molecule has 3 heterocycles. The van der Waals surface area contributed by atoms with Crippen LogP contribution in [-0.2, 0) is 6.61 Å². The Hall–Kier alpha value is -1.79. The van der Waals surface area contributed by atoms with E-state index in [0.717, 1.165) is 42.2 Å². The Morgan fingerprint density at radius 1 is 1.17 bits per heavy atom. The fourth-order valence-electron chi connectivity index (χ4n) is 4.45. The van der Waals surface area contributed by atoms with E-state index in [0.29, 0.717) is 24.0 Å². The summed E-state index contributed by atoms with van der Waals surface area (Å²) in [6.45, 7) is 7.81. The van der Waals surface area contributed by atoms with Crippen LogP contribution in [0.5, 0.6) is 5.75 Å². The first-order valence-electron chi connectivity index (χ1n) is 11.1. The smallest absolute Gasteiger partial charge is 0.289 e. The van der Waals surface area contributed by atoms with Gasteiger partial charge in [-0.2, -0.15) is 0 Å². The van der Waals surface area contributed by atoms with E-state index < -0.39 is 0 Å². The molecule has 2 aliphatic heterocycles. The highest BCUT2D eigenvalue weighted by Gasteiger charge is 2.28. The molecule has 5 nitrogen and oxygen atoms in total. The standard InChI is InChI=1S/C24H31BrN2O3/c1-18-9-12-26(13-10-18)15-19-4-3-11-27(16-19)24(28)23-8-7-22(30-23)17-29-21-6-2-5-20(25)14-21/h2,5-8,14,18-19H,3-4,9-13,15-17H2,1H3. The molecule has 2 aromatic rings. The molecule has 30 heavy (non-hydrogen) atoms. The van der Waals surface area contributed by atoms with Gasteiger partial charge >= 0.3 is 0 Å². The average molecular weight is 475 g/mol. The molecule has 2 fully saturated rings. The number of hydrogen-bond donors (Lipinski definition) is 0. The Balaban J connectivity index is 1.29. The van der Waals surface area contributed by atoms with Gasteiger partial charge in [-0.1, -0.05) is 28.9 Å². The molecule has 0 spiro atoms. The molecule has 6 heteroatoms. The number of ether oxygens (including phenoxy) is 1. The fourth-order valence-corrected chi connectivity index (χ4v) is 4.82. The maximum Gasteiger partial charge on any atom is 0.289 e. The molecule has 0 bridgehead atoms. The molecular formula is C24H31BrN2O3. The van der Waals surface area contributed by atoms with Gasteiger partial charge in [0, 0.05) is 24.1 Å². The minimum atomic E-state index is 0.000622. The Labute approximate surface area is 187 Å². The summed E-state index contributed by atoms with van der Waals surface area (Å²) < 4.78 is 12.5. The van der Waals surface area contributed by atoms with Gasteiger partial charge < -0.3 is 19.0 Å². The molecule has 2 saturated heterocycles. The summed E-state index contributed by atoms with van der Waals surface area (Å²) >= 11 is 3.44. The van der Waals surface area contributed by atoms with Crippen LogP contribution in [0.2, 0.25) is 0 Å². The normalized spacial score (nSPS) is 21.0. The zero-order valence-electron chi connectivity index (χ0n) is 17.7. The second kappa shape index (κ2) is 10.0. The number of benzene rings is 1. The van der Waals surface area contributed by atoms with Gasteiger partial charge in [0.05, 0.1) is 0 Å². The maximum atomic E-state index is 13.0. The summed E-state index contributed by atoms with van der Waals surface area (Å²) in [4.78, 5) is 17.5. The fraction of sp³-hybridized carbons (Fsp3) is 0.542. The maximum absolute atomic E-state index is 13.0. The number of halogens is 1. The molecule has 162 valence electrons. The van der Waals surface area contributed by atoms with Crippen LogP contribution in [-0.4, -0.2) is 48.4 Å². The van der Waals surface area contributed by atoms with Crippen molar-refractivity contribution in [3.63, 3.8) is 0 Å². The van der Waals surface area contributed by atoms with Crippen LogP contribution in [0.4, 0.5) is 0 Å². The van der Waals surface area contributed by atoms with E-state index >= 15 is 0 Å². The lowest BCUT2D eigenvalue weighted by atomic mass is 9.94. The van der Waals surface area contributed by atoms with Gasteiger partial charge in [0.1, 0.15) is 18.1 Å². The molecule has 1 atom stereocenters. The van der Waals surface area contributed by atoms with Crippen LogP contribution in [0, 0.1) is 11.8 Å². The van der Waals surface area contributed by atoms with Crippen molar-refractivity contribution in [1.29, 1.82) is 0 Å². The number of piperidine rings is 2. The first-order chi connectivity index (χ1) is 14.6. The van der Waals surface area contributed by atoms with E-state index in [-0.39, 0.29) is 5.91 Å². The molecule has 0 saturated carbocycles. The van der Waals surface area contributed by atoms with E-state index in [2.05, 4.69) is 27.8 Å². The summed E-state index contributed by atoms with van der Waals surface area (Å²) in [5.41, 5.74) is 0. The summed E-state index contributed by atoms with van der Waals surface area (Å²) in [6, 6.07) is 11.3. The van der Waals surface area contributed by atoms with Crippen molar-refractivity contribution in [2.75, 3.05) is 32.7 Å². The molecule has 1 amide bonds. The molecule has 1 aromatic carbocycles. The lowest BCUT2D eigenvalue weighted by molar-refractivity contribution is 0.0588. The average Bonchev–Trinajstić information content (AvgIpc) is 3.23. The SMILES string of the molecule is CC1CCN(CC2CCCN(C(=O)c3ccc(COc4cccc(Br)c4)o3)C2)CC1. The second-order valence-electron chi connectivity index (χ2n) is 8.75. The van der Waals surface area contributed by atoms with Gasteiger partial charge in [-0.3, -0.25) is 4.79 Å². The summed E-state index contributed by atoms with van der Waals surface area (Å²) in [6.07, 6.45) is 4.87. The Kier molecular flexibility index (Phi) is 7.16. The number of rotatable bonds is 6. The van der Waals surface area contributed by atoms with E-state index in [1.807, 2.05) is 35.2 Å². The van der Waals surface area contributed by atoms with Crippen LogP contribution >= 0.6 is 15.9 Å². The van der Waals surface area contributed by atoms with Crippen LogP contribution in [0.3, 0.4) is 0 Å². The third-order valence-electron chi connectivity index (χ3n) is 6.25. The van der Waals surface area contributed by atoms with Crippen molar-refractivity contribution >= 4 is 21.8 Å². The Morgan fingerprint density at radius 3 is 2.80 bits per heavy atom. The zero-order chi connectivity index (χ0) is 20.9. The van der Waals surface area contributed by atoms with Crippen molar-refractivity contribution in [1.82, 2.24) is 9.80 Å². The number of hydrogen-bond acceptors (Lipinski definition) is 4. The highest BCUT2D eigenvalue weighted by molar-refractivity contribution is 9.10. The Bertz CT molecular complexity index is 844. The van der Waals surface area contributed by atoms with Crippen LogP contribution in [0.1, 0.15) is 48.9 Å². The van der Waals surface area contributed by atoms with Crippen molar-refractivity contribution in [2.45, 2.75) is 39.2 Å². The number of carbonyl (C=O) groups excluding carboxylic acids is 1. The largest absolute Gasteiger partial charge is 0.486 e. The summed E-state index contributed by atoms with van der Waals surface area (Å²) in [5, 5.41) is 0. The molecule has 0 aliphatic carbocycles. The minimum Gasteiger partial charge on any atom is -0.486 e. The number of amides is 1.